The highest BCUT2D eigenvalue weighted by molar-refractivity contribution is 7.33. The van der Waals surface area contributed by atoms with E-state index >= 15 is 0 Å². The summed E-state index contributed by atoms with van der Waals surface area (Å²) in [7, 11) is 0. The lowest BCUT2D eigenvalue weighted by molar-refractivity contribution is 0.174. The minimum absolute atomic E-state index is 0.0268. The summed E-state index contributed by atoms with van der Waals surface area (Å²) in [6.07, 6.45) is 0. The lowest BCUT2D eigenvalue weighted by Crippen LogP contribution is -2.60. The fourth-order valence-electron chi connectivity index (χ4n) is 8.91. The van der Waals surface area contributed by atoms with Crippen molar-refractivity contribution in [2.75, 3.05) is 16.6 Å². The highest BCUT2D eigenvalue weighted by atomic mass is 32.1. The molecular formula is C46H47BN2O2S. The second kappa shape index (κ2) is 11.2. The second-order valence-corrected chi connectivity index (χ2v) is 18.4. The molecule has 1 aromatic heterocycles. The topological polar surface area (TPSA) is 24.9 Å². The van der Waals surface area contributed by atoms with Crippen LogP contribution in [-0.4, -0.2) is 13.5 Å². The van der Waals surface area contributed by atoms with Crippen LogP contribution in [-0.2, 0) is 10.8 Å². The van der Waals surface area contributed by atoms with Crippen LogP contribution in [0.5, 0.6) is 11.5 Å². The lowest BCUT2D eigenvalue weighted by atomic mass is 9.36. The number of aryl methyl sites for hydroxylation is 5. The van der Waals surface area contributed by atoms with E-state index < -0.39 is 0 Å². The average molecular weight is 703 g/mol. The number of hydrogen-bond donors (Lipinski definition) is 0. The molecule has 4 heterocycles. The molecule has 262 valence electrons. The summed E-state index contributed by atoms with van der Waals surface area (Å²) in [5.41, 5.74) is 19.2. The molecule has 3 aliphatic rings. The number of anilines is 6. The number of ether oxygens (including phenoxy) is 2. The van der Waals surface area contributed by atoms with Gasteiger partial charge in [0.25, 0.3) is 6.71 Å². The molecule has 0 saturated carbocycles. The summed E-state index contributed by atoms with van der Waals surface area (Å²) >= 11 is 1.93. The van der Waals surface area contributed by atoms with Gasteiger partial charge in [0.15, 0.2) is 11.5 Å². The number of thiophene rings is 1. The van der Waals surface area contributed by atoms with Gasteiger partial charge >= 0.3 is 0 Å². The highest BCUT2D eigenvalue weighted by Gasteiger charge is 2.47. The Kier molecular flexibility index (Phi) is 7.12. The van der Waals surface area contributed by atoms with Crippen molar-refractivity contribution < 1.29 is 9.47 Å². The fraction of sp³-hybridized carbons (Fsp3) is 0.304. The first-order valence-electron chi connectivity index (χ1n) is 18.5. The summed E-state index contributed by atoms with van der Waals surface area (Å²) in [6, 6.07) is 27.9. The zero-order chi connectivity index (χ0) is 36.6. The summed E-state index contributed by atoms with van der Waals surface area (Å²) in [5.74, 6) is 1.63. The number of benzene rings is 5. The van der Waals surface area contributed by atoms with Crippen LogP contribution in [0.4, 0.5) is 34.1 Å². The average Bonchev–Trinajstić information content (AvgIpc) is 3.68. The molecule has 0 amide bonds. The molecule has 0 radical (unpaired) electrons. The van der Waals surface area contributed by atoms with E-state index in [1.807, 2.05) is 11.3 Å². The van der Waals surface area contributed by atoms with Crippen LogP contribution in [0.3, 0.4) is 0 Å². The van der Waals surface area contributed by atoms with Crippen LogP contribution < -0.4 is 35.0 Å². The van der Waals surface area contributed by atoms with E-state index in [1.54, 1.807) is 0 Å². The van der Waals surface area contributed by atoms with Gasteiger partial charge in [0.2, 0.25) is 6.79 Å². The molecule has 0 bridgehead atoms. The number of nitrogens with zero attached hydrogens (tertiary/aromatic N) is 2. The molecule has 9 rings (SSSR count). The smallest absolute Gasteiger partial charge is 0.264 e. The number of rotatable bonds is 2. The summed E-state index contributed by atoms with van der Waals surface area (Å²) < 4.78 is 14.9. The molecule has 3 aliphatic heterocycles. The molecule has 6 aromatic rings. The molecule has 52 heavy (non-hydrogen) atoms. The van der Waals surface area contributed by atoms with Crippen molar-refractivity contribution in [3.05, 3.63) is 112 Å². The van der Waals surface area contributed by atoms with Crippen molar-refractivity contribution in [3.8, 4) is 11.5 Å². The third kappa shape index (κ3) is 4.79. The Hall–Kier alpha value is -4.68. The Bertz CT molecular complexity index is 2450. The van der Waals surface area contributed by atoms with E-state index in [2.05, 4.69) is 159 Å². The standard InChI is InChI=1S/C46H47BN2O2S/c1-25-16-35-40-36(17-25)49(42-28(4)20-31(21-29(42)5)46(9,10)11)43-32-14-12-13-15-39(32)52-44(43)47(40)33-22-37-38(51-24-50-37)23-34(33)48(35)41-26(2)18-30(19-27(41)3)45(6,7)8/h12-23H,24H2,1-11H3. The maximum Gasteiger partial charge on any atom is 0.264 e. The van der Waals surface area contributed by atoms with E-state index in [4.69, 9.17) is 9.47 Å². The predicted molar refractivity (Wildman–Crippen MR) is 223 cm³/mol. The zero-order valence-electron chi connectivity index (χ0n) is 32.3. The lowest BCUT2D eigenvalue weighted by Gasteiger charge is -2.44. The van der Waals surface area contributed by atoms with E-state index in [0.29, 0.717) is 0 Å². The molecule has 0 saturated heterocycles. The van der Waals surface area contributed by atoms with Crippen LogP contribution in [0.1, 0.15) is 80.5 Å². The molecule has 0 spiro atoms. The maximum absolute atomic E-state index is 6.11. The van der Waals surface area contributed by atoms with Crippen molar-refractivity contribution in [1.82, 2.24) is 0 Å². The molecule has 5 aromatic carbocycles. The van der Waals surface area contributed by atoms with E-state index in [0.717, 1.165) is 17.2 Å². The first-order valence-corrected chi connectivity index (χ1v) is 19.4. The molecule has 0 fully saturated rings. The molecular weight excluding hydrogens is 655 g/mol. The number of fused-ring (bicyclic) bond motifs is 7. The Labute approximate surface area is 313 Å². The molecule has 0 N–H and O–H groups in total. The van der Waals surface area contributed by atoms with E-state index in [9.17, 15) is 0 Å². The predicted octanol–water partition coefficient (Wildman–Crippen LogP) is 10.8. The quantitative estimate of drug-likeness (QED) is 0.168. The van der Waals surface area contributed by atoms with Crippen molar-refractivity contribution in [2.45, 2.75) is 87.0 Å². The SMILES string of the molecule is Cc1cc2c3c(c1)N(c1c(C)cc(C(C)(C)C)cc1C)c1c(sc4ccccc14)B3c1cc3c(cc1N2c1c(C)cc(C(C)(C)C)cc1C)OCO3. The Morgan fingerprint density at radius 2 is 1.12 bits per heavy atom. The van der Waals surface area contributed by atoms with Crippen molar-refractivity contribution in [2.24, 2.45) is 0 Å². The zero-order valence-corrected chi connectivity index (χ0v) is 33.1. The van der Waals surface area contributed by atoms with Gasteiger partial charge in [-0.2, -0.15) is 0 Å². The van der Waals surface area contributed by atoms with Crippen LogP contribution in [0.15, 0.2) is 72.8 Å². The molecule has 0 unspecified atom stereocenters. The summed E-state index contributed by atoms with van der Waals surface area (Å²) in [4.78, 5) is 5.15. The van der Waals surface area contributed by atoms with Gasteiger partial charge in [-0.3, -0.25) is 0 Å². The third-order valence-corrected chi connectivity index (χ3v) is 12.6. The van der Waals surface area contributed by atoms with Gasteiger partial charge < -0.3 is 19.3 Å². The van der Waals surface area contributed by atoms with Crippen molar-refractivity contribution in [3.63, 3.8) is 0 Å². The third-order valence-electron chi connectivity index (χ3n) is 11.4. The van der Waals surface area contributed by atoms with E-state index in [-0.39, 0.29) is 24.3 Å². The van der Waals surface area contributed by atoms with Crippen LogP contribution in [0, 0.1) is 34.6 Å². The fourth-order valence-corrected chi connectivity index (χ4v) is 10.2. The van der Waals surface area contributed by atoms with Gasteiger partial charge in [-0.05, 0) is 120 Å². The maximum atomic E-state index is 6.11. The van der Waals surface area contributed by atoms with Crippen LogP contribution in [0.25, 0.3) is 10.1 Å². The summed E-state index contributed by atoms with van der Waals surface area (Å²) in [6.45, 7) is 25.5. The molecule has 4 nitrogen and oxygen atoms in total. The van der Waals surface area contributed by atoms with Gasteiger partial charge in [-0.25, -0.2) is 0 Å². The van der Waals surface area contributed by atoms with Gasteiger partial charge in [-0.15, -0.1) is 11.3 Å². The van der Waals surface area contributed by atoms with Crippen molar-refractivity contribution >= 4 is 78.0 Å². The monoisotopic (exact) mass is 702 g/mol. The Morgan fingerprint density at radius 3 is 1.69 bits per heavy atom. The van der Waals surface area contributed by atoms with Crippen LogP contribution >= 0.6 is 11.3 Å². The Balaban J connectivity index is 1.41. The minimum Gasteiger partial charge on any atom is -0.454 e. The second-order valence-electron chi connectivity index (χ2n) is 17.3. The van der Waals surface area contributed by atoms with Gasteiger partial charge in [-0.1, -0.05) is 84.0 Å². The molecule has 6 heteroatoms. The molecule has 0 aliphatic carbocycles. The van der Waals surface area contributed by atoms with Crippen molar-refractivity contribution in [1.29, 1.82) is 0 Å². The first-order chi connectivity index (χ1) is 24.6. The van der Waals surface area contributed by atoms with Crippen LogP contribution in [0.2, 0.25) is 0 Å². The minimum atomic E-state index is 0.0268. The van der Waals surface area contributed by atoms with Gasteiger partial charge in [0.05, 0.1) is 17.1 Å². The normalized spacial score (nSPS) is 14.6. The van der Waals surface area contributed by atoms with Gasteiger partial charge in [0, 0.05) is 38.0 Å². The molecule has 0 atom stereocenters. The highest BCUT2D eigenvalue weighted by Crippen LogP contribution is 2.52. The Morgan fingerprint density at radius 1 is 0.596 bits per heavy atom. The number of hydrogen-bond acceptors (Lipinski definition) is 5. The largest absolute Gasteiger partial charge is 0.454 e. The summed E-state index contributed by atoms with van der Waals surface area (Å²) in [5, 5.41) is 1.30. The van der Waals surface area contributed by atoms with E-state index in [1.165, 1.54) is 93.2 Å². The first kappa shape index (κ1) is 33.2. The van der Waals surface area contributed by atoms with Gasteiger partial charge in [0.1, 0.15) is 0 Å².